The third-order valence-electron chi connectivity index (χ3n) is 9.39. The Morgan fingerprint density at radius 3 is 2.33 bits per heavy atom. The van der Waals surface area contributed by atoms with Gasteiger partial charge >= 0.3 is 0 Å². The average Bonchev–Trinajstić information content (AvgIpc) is 3.25. The summed E-state index contributed by atoms with van der Waals surface area (Å²) in [5.74, 6) is -2.42. The minimum absolute atomic E-state index is 0.119. The van der Waals surface area contributed by atoms with Crippen LogP contribution in [0.5, 0.6) is 0 Å². The molecule has 0 bridgehead atoms. The summed E-state index contributed by atoms with van der Waals surface area (Å²) in [5, 5.41) is 9.68. The number of rotatable bonds is 8. The lowest BCUT2D eigenvalue weighted by Crippen LogP contribution is -2.56. The van der Waals surface area contributed by atoms with E-state index in [-0.39, 0.29) is 30.9 Å². The number of benzene rings is 2. The van der Waals surface area contributed by atoms with Crippen LogP contribution < -0.4 is 9.80 Å². The minimum atomic E-state index is -1.33. The summed E-state index contributed by atoms with van der Waals surface area (Å²) in [5.41, 5.74) is -0.214. The third-order valence-corrected chi connectivity index (χ3v) is 9.70. The van der Waals surface area contributed by atoms with Gasteiger partial charge < -0.3 is 24.5 Å². The van der Waals surface area contributed by atoms with Crippen molar-refractivity contribution in [1.29, 1.82) is 0 Å². The fraction of sp³-hybridized carbons (Fsp3) is 0.441. The molecule has 1 unspecified atom stereocenters. The largest absolute Gasteiger partial charge is 0.396 e. The molecular formula is C34H38ClN3O5. The molecule has 4 heterocycles. The molecule has 8 nitrogen and oxygen atoms in total. The SMILES string of the molecule is Cc1cccc(Cl)c1N1CC=C[C@]23O[C@]4(C)C=CCN(c5ccccc5)C(=O)[C@@H]4[C@H]2C(=O)N(CCCCCCO)C3C1=O. The zero-order valence-corrected chi connectivity index (χ0v) is 25.4. The lowest BCUT2D eigenvalue weighted by molar-refractivity contribution is -0.144. The highest BCUT2D eigenvalue weighted by Gasteiger charge is 2.74. The number of aryl methyl sites for hydroxylation is 1. The lowest BCUT2D eigenvalue weighted by atomic mass is 9.74. The third kappa shape index (κ3) is 4.80. The molecular weight excluding hydrogens is 566 g/mol. The summed E-state index contributed by atoms with van der Waals surface area (Å²) in [6.07, 6.45) is 10.5. The first-order valence-electron chi connectivity index (χ1n) is 15.1. The number of halogens is 1. The van der Waals surface area contributed by atoms with Crippen molar-refractivity contribution >= 4 is 40.7 Å². The number of amides is 3. The Bertz CT molecular complexity index is 1460. The van der Waals surface area contributed by atoms with E-state index in [0.717, 1.165) is 24.1 Å². The highest BCUT2D eigenvalue weighted by atomic mass is 35.5. The van der Waals surface area contributed by atoms with Gasteiger partial charge in [-0.25, -0.2) is 0 Å². The highest BCUT2D eigenvalue weighted by Crippen LogP contribution is 2.58. The first kappa shape index (κ1) is 29.6. The van der Waals surface area contributed by atoms with E-state index in [4.69, 9.17) is 16.3 Å². The van der Waals surface area contributed by atoms with Crippen LogP contribution in [-0.4, -0.2) is 71.2 Å². The van der Waals surface area contributed by atoms with Crippen LogP contribution in [0.4, 0.5) is 11.4 Å². The van der Waals surface area contributed by atoms with E-state index in [2.05, 4.69) is 0 Å². The summed E-state index contributed by atoms with van der Waals surface area (Å²) >= 11 is 6.65. The lowest BCUT2D eigenvalue weighted by Gasteiger charge is -2.37. The van der Waals surface area contributed by atoms with Gasteiger partial charge in [-0.1, -0.05) is 79.1 Å². The fourth-order valence-corrected chi connectivity index (χ4v) is 7.84. The normalized spacial score (nSPS) is 29.9. The Morgan fingerprint density at radius 2 is 1.58 bits per heavy atom. The van der Waals surface area contributed by atoms with Gasteiger partial charge in [0.15, 0.2) is 0 Å². The molecule has 0 radical (unpaired) electrons. The molecule has 0 saturated carbocycles. The Kier molecular flexibility index (Phi) is 7.96. The average molecular weight is 604 g/mol. The summed E-state index contributed by atoms with van der Waals surface area (Å²) in [7, 11) is 0. The van der Waals surface area contributed by atoms with Crippen molar-refractivity contribution in [3.05, 3.63) is 83.4 Å². The quantitative estimate of drug-likeness (QED) is 0.350. The zero-order chi connectivity index (χ0) is 30.4. The number of aliphatic hydroxyl groups is 1. The van der Waals surface area contributed by atoms with Crippen LogP contribution in [0.2, 0.25) is 5.02 Å². The van der Waals surface area contributed by atoms with Crippen molar-refractivity contribution in [2.24, 2.45) is 11.8 Å². The summed E-state index contributed by atoms with van der Waals surface area (Å²) in [6.45, 7) is 4.86. The molecule has 1 N–H and O–H groups in total. The van der Waals surface area contributed by atoms with Crippen molar-refractivity contribution in [2.45, 2.75) is 56.8 Å². The minimum Gasteiger partial charge on any atom is -0.396 e. The van der Waals surface area contributed by atoms with Crippen LogP contribution in [-0.2, 0) is 19.1 Å². The van der Waals surface area contributed by atoms with Gasteiger partial charge in [-0.2, -0.15) is 0 Å². The number of fused-ring (bicyclic) bond motifs is 2. The summed E-state index contributed by atoms with van der Waals surface area (Å²) < 4.78 is 6.95. The van der Waals surface area contributed by atoms with E-state index in [1.54, 1.807) is 20.8 Å². The Balaban J connectivity index is 1.44. The number of carbonyl (C=O) groups is 3. The van der Waals surface area contributed by atoms with Gasteiger partial charge in [0.1, 0.15) is 11.6 Å². The van der Waals surface area contributed by atoms with E-state index < -0.39 is 29.1 Å². The van der Waals surface area contributed by atoms with Crippen molar-refractivity contribution in [3.8, 4) is 0 Å². The molecule has 1 spiro atoms. The molecule has 2 fully saturated rings. The molecule has 5 atom stereocenters. The molecule has 2 aromatic rings. The van der Waals surface area contributed by atoms with Crippen LogP contribution in [0.1, 0.15) is 38.2 Å². The topological polar surface area (TPSA) is 90.4 Å². The highest BCUT2D eigenvalue weighted by molar-refractivity contribution is 6.34. The number of likely N-dealkylation sites (tertiary alicyclic amines) is 1. The first-order chi connectivity index (χ1) is 20.7. The fourth-order valence-electron chi connectivity index (χ4n) is 7.51. The second-order valence-electron chi connectivity index (χ2n) is 12.1. The van der Waals surface area contributed by atoms with Crippen molar-refractivity contribution in [3.63, 3.8) is 0 Å². The summed E-state index contributed by atoms with van der Waals surface area (Å²) in [6, 6.07) is 14.0. The molecule has 6 rings (SSSR count). The van der Waals surface area contributed by atoms with Crippen LogP contribution in [0.3, 0.4) is 0 Å². The molecule has 2 saturated heterocycles. The number of anilines is 2. The van der Waals surface area contributed by atoms with E-state index >= 15 is 0 Å². The molecule has 43 heavy (non-hydrogen) atoms. The van der Waals surface area contributed by atoms with E-state index in [9.17, 15) is 19.5 Å². The second kappa shape index (κ2) is 11.6. The predicted octanol–water partition coefficient (Wildman–Crippen LogP) is 4.68. The second-order valence-corrected chi connectivity index (χ2v) is 12.5. The maximum atomic E-state index is 14.7. The first-order valence-corrected chi connectivity index (χ1v) is 15.5. The van der Waals surface area contributed by atoms with Crippen molar-refractivity contribution in [1.82, 2.24) is 4.90 Å². The molecule has 2 aromatic carbocycles. The maximum Gasteiger partial charge on any atom is 0.253 e. The summed E-state index contributed by atoms with van der Waals surface area (Å²) in [4.78, 5) is 48.7. The molecule has 4 aliphatic heterocycles. The number of hydrogen-bond donors (Lipinski definition) is 1. The number of ether oxygens (including phenoxy) is 1. The van der Waals surface area contributed by atoms with Gasteiger partial charge in [0.25, 0.3) is 5.91 Å². The number of carbonyl (C=O) groups excluding carboxylic acids is 3. The van der Waals surface area contributed by atoms with Gasteiger partial charge in [-0.3, -0.25) is 14.4 Å². The number of hydrogen-bond acceptors (Lipinski definition) is 5. The van der Waals surface area contributed by atoms with Gasteiger partial charge in [0, 0.05) is 31.9 Å². The molecule has 3 amide bonds. The van der Waals surface area contributed by atoms with Gasteiger partial charge in [-0.05, 0) is 50.5 Å². The monoisotopic (exact) mass is 603 g/mol. The molecule has 9 heteroatoms. The Labute approximate surface area is 257 Å². The number of aliphatic hydroxyl groups excluding tert-OH is 1. The number of para-hydroxylation sites is 2. The smallest absolute Gasteiger partial charge is 0.253 e. The van der Waals surface area contributed by atoms with Crippen molar-refractivity contribution < 1.29 is 24.2 Å². The van der Waals surface area contributed by atoms with Crippen LogP contribution >= 0.6 is 11.6 Å². The number of nitrogens with zero attached hydrogens (tertiary/aromatic N) is 3. The molecule has 0 aliphatic carbocycles. The van der Waals surface area contributed by atoms with E-state index in [1.807, 2.05) is 80.6 Å². The maximum absolute atomic E-state index is 14.7. The predicted molar refractivity (Wildman–Crippen MR) is 166 cm³/mol. The standard InChI is InChI=1S/C34H38ClN3O5/c1-23-13-10-16-25(35)28(23)37-21-12-18-34-27(31(41)38(29(34)32(37)42)19-8-3-4-9-22-39)26-30(40)36(24-14-6-5-7-15-24)20-11-17-33(26,2)43-34/h5-7,10-18,26-27,29,39H,3-4,8-9,19-22H2,1-2H3/t26-,27-,29?,33+,34-/m0/s1. The molecule has 0 aromatic heterocycles. The Hall–Kier alpha value is -3.46. The van der Waals surface area contributed by atoms with E-state index in [1.165, 1.54) is 0 Å². The van der Waals surface area contributed by atoms with Gasteiger partial charge in [0.2, 0.25) is 11.8 Å². The zero-order valence-electron chi connectivity index (χ0n) is 24.6. The molecule has 226 valence electrons. The molecule has 4 aliphatic rings. The Morgan fingerprint density at radius 1 is 0.860 bits per heavy atom. The number of unbranched alkanes of at least 4 members (excludes halogenated alkanes) is 3. The van der Waals surface area contributed by atoms with Crippen LogP contribution in [0.25, 0.3) is 0 Å². The van der Waals surface area contributed by atoms with Gasteiger partial charge in [0.05, 0.1) is 28.1 Å². The van der Waals surface area contributed by atoms with Gasteiger partial charge in [-0.15, -0.1) is 0 Å². The van der Waals surface area contributed by atoms with Crippen LogP contribution in [0, 0.1) is 18.8 Å². The van der Waals surface area contributed by atoms with Crippen LogP contribution in [0.15, 0.2) is 72.8 Å². The van der Waals surface area contributed by atoms with E-state index in [0.29, 0.717) is 36.6 Å². The van der Waals surface area contributed by atoms with Crippen molar-refractivity contribution in [2.75, 3.05) is 36.0 Å².